The standard InChI is InChI=1S/C17H19BrN2O2S/c1-20(16-15(23(2,21)22)4-3-11-19-16)12-17(9-10-17)13-5-7-14(18)8-6-13/h3-8,11H,9-10,12H2,1-2H3. The van der Waals surface area contributed by atoms with Gasteiger partial charge in [0.25, 0.3) is 0 Å². The Labute approximate surface area is 145 Å². The minimum Gasteiger partial charge on any atom is -0.358 e. The van der Waals surface area contributed by atoms with Crippen LogP contribution in [0.5, 0.6) is 0 Å². The molecule has 3 rings (SSSR count). The van der Waals surface area contributed by atoms with Gasteiger partial charge in [-0.05, 0) is 42.7 Å². The molecule has 0 radical (unpaired) electrons. The molecule has 0 amide bonds. The van der Waals surface area contributed by atoms with Gasteiger partial charge < -0.3 is 4.90 Å². The van der Waals surface area contributed by atoms with Gasteiger partial charge in [0.2, 0.25) is 0 Å². The van der Waals surface area contributed by atoms with Crippen molar-refractivity contribution in [2.75, 3.05) is 24.7 Å². The fraction of sp³-hybridized carbons (Fsp3) is 0.353. The molecule has 4 nitrogen and oxygen atoms in total. The van der Waals surface area contributed by atoms with Crippen LogP contribution in [0.2, 0.25) is 0 Å². The van der Waals surface area contributed by atoms with Crippen LogP contribution in [0.4, 0.5) is 5.82 Å². The molecule has 23 heavy (non-hydrogen) atoms. The third-order valence-electron chi connectivity index (χ3n) is 4.36. The largest absolute Gasteiger partial charge is 0.358 e. The van der Waals surface area contributed by atoms with Crippen LogP contribution in [-0.2, 0) is 15.3 Å². The van der Waals surface area contributed by atoms with E-state index in [1.165, 1.54) is 11.8 Å². The topological polar surface area (TPSA) is 50.3 Å². The third kappa shape index (κ3) is 3.43. The zero-order chi connectivity index (χ0) is 16.7. The van der Waals surface area contributed by atoms with Gasteiger partial charge in [0.1, 0.15) is 10.7 Å². The molecule has 1 aliphatic carbocycles. The molecule has 1 saturated carbocycles. The van der Waals surface area contributed by atoms with Gasteiger partial charge in [-0.3, -0.25) is 0 Å². The summed E-state index contributed by atoms with van der Waals surface area (Å²) in [6.07, 6.45) is 5.09. The molecule has 0 atom stereocenters. The van der Waals surface area contributed by atoms with Crippen LogP contribution in [0.15, 0.2) is 52.0 Å². The Hall–Kier alpha value is -1.40. The van der Waals surface area contributed by atoms with E-state index >= 15 is 0 Å². The van der Waals surface area contributed by atoms with E-state index in [1.54, 1.807) is 18.3 Å². The lowest BCUT2D eigenvalue weighted by Crippen LogP contribution is -2.30. The summed E-state index contributed by atoms with van der Waals surface area (Å²) in [6.45, 7) is 0.758. The number of sulfone groups is 1. The summed E-state index contributed by atoms with van der Waals surface area (Å²) >= 11 is 3.46. The van der Waals surface area contributed by atoms with Gasteiger partial charge in [0.05, 0.1) is 0 Å². The first kappa shape index (κ1) is 16.5. The van der Waals surface area contributed by atoms with Crippen molar-refractivity contribution in [1.82, 2.24) is 4.98 Å². The van der Waals surface area contributed by atoms with Gasteiger partial charge in [-0.2, -0.15) is 0 Å². The van der Waals surface area contributed by atoms with Crippen molar-refractivity contribution in [1.29, 1.82) is 0 Å². The number of rotatable bonds is 5. The molecular weight excluding hydrogens is 376 g/mol. The Balaban J connectivity index is 1.88. The molecule has 122 valence electrons. The number of benzene rings is 1. The average Bonchev–Trinajstić information content (AvgIpc) is 3.27. The van der Waals surface area contributed by atoms with Crippen LogP contribution in [0.1, 0.15) is 18.4 Å². The number of pyridine rings is 1. The molecule has 1 heterocycles. The number of aromatic nitrogens is 1. The maximum atomic E-state index is 12.0. The number of nitrogens with zero attached hydrogens (tertiary/aromatic N) is 2. The Kier molecular flexibility index (Phi) is 4.23. The summed E-state index contributed by atoms with van der Waals surface area (Å²) < 4.78 is 25.0. The van der Waals surface area contributed by atoms with Crippen molar-refractivity contribution < 1.29 is 8.42 Å². The lowest BCUT2D eigenvalue weighted by molar-refractivity contribution is 0.600. The molecule has 0 spiro atoms. The first-order valence-electron chi connectivity index (χ1n) is 7.44. The zero-order valence-corrected chi connectivity index (χ0v) is 15.6. The van der Waals surface area contributed by atoms with Crippen molar-refractivity contribution in [2.24, 2.45) is 0 Å². The monoisotopic (exact) mass is 394 g/mol. The number of anilines is 1. The van der Waals surface area contributed by atoms with Crippen LogP contribution in [0, 0.1) is 0 Å². The Morgan fingerprint density at radius 1 is 1.22 bits per heavy atom. The number of halogens is 1. The van der Waals surface area contributed by atoms with Gasteiger partial charge in [0.15, 0.2) is 9.84 Å². The highest BCUT2D eigenvalue weighted by Gasteiger charge is 2.45. The minimum absolute atomic E-state index is 0.0990. The lowest BCUT2D eigenvalue weighted by atomic mass is 9.95. The van der Waals surface area contributed by atoms with Gasteiger partial charge >= 0.3 is 0 Å². The summed E-state index contributed by atoms with van der Waals surface area (Å²) in [5.41, 5.74) is 1.39. The molecule has 0 saturated heterocycles. The second-order valence-corrected chi connectivity index (χ2v) is 9.14. The normalized spacial score (nSPS) is 16.1. The molecule has 0 bridgehead atoms. The van der Waals surface area contributed by atoms with Crippen molar-refractivity contribution in [3.05, 3.63) is 52.6 Å². The highest BCUT2D eigenvalue weighted by molar-refractivity contribution is 9.10. The lowest BCUT2D eigenvalue weighted by Gasteiger charge is -2.26. The highest BCUT2D eigenvalue weighted by atomic mass is 79.9. The van der Waals surface area contributed by atoms with Gasteiger partial charge in [0, 0.05) is 35.9 Å². The van der Waals surface area contributed by atoms with E-state index in [0.717, 1.165) is 23.9 Å². The van der Waals surface area contributed by atoms with Crippen molar-refractivity contribution in [2.45, 2.75) is 23.2 Å². The average molecular weight is 395 g/mol. The van der Waals surface area contributed by atoms with Gasteiger partial charge in [-0.1, -0.05) is 28.1 Å². The van der Waals surface area contributed by atoms with Crippen LogP contribution in [-0.4, -0.2) is 33.2 Å². The molecule has 0 aliphatic heterocycles. The van der Waals surface area contributed by atoms with Crippen LogP contribution >= 0.6 is 15.9 Å². The van der Waals surface area contributed by atoms with Crippen molar-refractivity contribution in [3.8, 4) is 0 Å². The number of likely N-dealkylation sites (N-methyl/N-ethyl adjacent to an activating group) is 1. The van der Waals surface area contributed by atoms with E-state index in [2.05, 4.69) is 45.2 Å². The van der Waals surface area contributed by atoms with E-state index in [4.69, 9.17) is 0 Å². The summed E-state index contributed by atoms with van der Waals surface area (Å²) in [6, 6.07) is 11.7. The molecular formula is C17H19BrN2O2S. The summed E-state index contributed by atoms with van der Waals surface area (Å²) in [5.74, 6) is 0.526. The van der Waals surface area contributed by atoms with Gasteiger partial charge in [-0.25, -0.2) is 13.4 Å². The van der Waals surface area contributed by atoms with E-state index in [0.29, 0.717) is 5.82 Å². The molecule has 2 aromatic rings. The fourth-order valence-corrected chi connectivity index (χ4v) is 4.11. The van der Waals surface area contributed by atoms with Gasteiger partial charge in [-0.15, -0.1) is 0 Å². The molecule has 1 aromatic carbocycles. The minimum atomic E-state index is -3.29. The Bertz CT molecular complexity index is 815. The maximum absolute atomic E-state index is 12.0. The van der Waals surface area contributed by atoms with Crippen LogP contribution < -0.4 is 4.90 Å². The number of hydrogen-bond donors (Lipinski definition) is 0. The first-order chi connectivity index (χ1) is 10.8. The second-order valence-electron chi connectivity index (χ2n) is 6.24. The zero-order valence-electron chi connectivity index (χ0n) is 13.2. The summed E-state index contributed by atoms with van der Waals surface area (Å²) in [4.78, 5) is 6.55. The predicted molar refractivity (Wildman–Crippen MR) is 95.7 cm³/mol. The SMILES string of the molecule is CN(CC1(c2ccc(Br)cc2)CC1)c1ncccc1S(C)(=O)=O. The van der Waals surface area contributed by atoms with Crippen LogP contribution in [0.25, 0.3) is 0 Å². The maximum Gasteiger partial charge on any atom is 0.179 e. The van der Waals surface area contributed by atoms with E-state index in [9.17, 15) is 8.42 Å². The molecule has 0 unspecified atom stereocenters. The van der Waals surface area contributed by atoms with E-state index < -0.39 is 9.84 Å². The molecule has 1 fully saturated rings. The van der Waals surface area contributed by atoms with Crippen molar-refractivity contribution >= 4 is 31.6 Å². The van der Waals surface area contributed by atoms with E-state index in [-0.39, 0.29) is 10.3 Å². The summed E-state index contributed by atoms with van der Waals surface area (Å²) in [5, 5.41) is 0. The molecule has 1 aliphatic rings. The van der Waals surface area contributed by atoms with Crippen LogP contribution in [0.3, 0.4) is 0 Å². The Morgan fingerprint density at radius 3 is 2.43 bits per heavy atom. The Morgan fingerprint density at radius 2 is 1.87 bits per heavy atom. The summed E-state index contributed by atoms with van der Waals surface area (Å²) in [7, 11) is -1.38. The highest BCUT2D eigenvalue weighted by Crippen LogP contribution is 2.49. The molecule has 1 aromatic heterocycles. The molecule has 0 N–H and O–H groups in total. The smallest absolute Gasteiger partial charge is 0.179 e. The fourth-order valence-electron chi connectivity index (χ4n) is 2.98. The van der Waals surface area contributed by atoms with E-state index in [1.807, 2.05) is 11.9 Å². The quantitative estimate of drug-likeness (QED) is 0.779. The molecule has 6 heteroatoms. The third-order valence-corrected chi connectivity index (χ3v) is 6.01. The number of hydrogen-bond acceptors (Lipinski definition) is 4. The van der Waals surface area contributed by atoms with Crippen molar-refractivity contribution in [3.63, 3.8) is 0 Å². The first-order valence-corrected chi connectivity index (χ1v) is 10.1. The predicted octanol–water partition coefficient (Wildman–Crippen LogP) is 3.42. The second kappa shape index (κ2) is 5.91.